The van der Waals surface area contributed by atoms with Crippen molar-refractivity contribution in [3.05, 3.63) is 12.2 Å². The standard InChI is InChI=1S/C35H65NO6/c1-2-3-4-5-6-7-8-9-10-11-12-13-14-15-16-17-18-22-29-36(30-23-19-26-33(37)38,31-24-20-27-34(39)40)32-25-21-28-35(41)42/h6-7H,2-5,8-32H2,1H3,(H2-,37,38,39,40,41,42)/p+1/b7-6+. The SMILES string of the molecule is CCCCC/C=C/CCCCCCCCCCCCC[N+](CCCCC(=O)O)(CCCCC(=O)O)CCCCC(=O)O. The molecule has 0 bridgehead atoms. The molecule has 0 aromatic heterocycles. The minimum Gasteiger partial charge on any atom is -0.481 e. The lowest BCUT2D eigenvalue weighted by Crippen LogP contribution is -2.51. The molecule has 0 fully saturated rings. The molecule has 0 radical (unpaired) electrons. The van der Waals surface area contributed by atoms with Crippen LogP contribution in [0.25, 0.3) is 0 Å². The van der Waals surface area contributed by atoms with E-state index in [1.54, 1.807) is 0 Å². The molecule has 0 aliphatic heterocycles. The third kappa shape index (κ3) is 28.2. The van der Waals surface area contributed by atoms with Crippen molar-refractivity contribution in [2.24, 2.45) is 0 Å². The van der Waals surface area contributed by atoms with E-state index in [9.17, 15) is 14.4 Å². The zero-order valence-electron chi connectivity index (χ0n) is 27.2. The number of allylic oxidation sites excluding steroid dienone is 2. The minimum absolute atomic E-state index is 0.175. The molecule has 0 atom stereocenters. The molecule has 0 heterocycles. The summed E-state index contributed by atoms with van der Waals surface area (Å²) in [5.41, 5.74) is 0. The second kappa shape index (κ2) is 29.2. The summed E-state index contributed by atoms with van der Waals surface area (Å²) in [7, 11) is 0. The van der Waals surface area contributed by atoms with E-state index >= 15 is 0 Å². The number of carboxylic acid groups (broad SMARTS) is 3. The molecule has 0 unspecified atom stereocenters. The third-order valence-corrected chi connectivity index (χ3v) is 8.46. The highest BCUT2D eigenvalue weighted by Gasteiger charge is 2.26. The molecule has 3 N–H and O–H groups in total. The number of quaternary nitrogens is 1. The van der Waals surface area contributed by atoms with E-state index in [0.29, 0.717) is 19.3 Å². The van der Waals surface area contributed by atoms with Crippen LogP contribution in [0.15, 0.2) is 12.2 Å². The summed E-state index contributed by atoms with van der Waals surface area (Å²) in [5, 5.41) is 27.1. The molecule has 0 aromatic rings. The monoisotopic (exact) mass is 596 g/mol. The first-order chi connectivity index (χ1) is 20.3. The van der Waals surface area contributed by atoms with Crippen molar-refractivity contribution in [2.75, 3.05) is 26.2 Å². The first-order valence-electron chi connectivity index (χ1n) is 17.5. The van der Waals surface area contributed by atoms with Crippen LogP contribution in [0.2, 0.25) is 0 Å². The van der Waals surface area contributed by atoms with Crippen LogP contribution in [-0.2, 0) is 14.4 Å². The van der Waals surface area contributed by atoms with E-state index < -0.39 is 17.9 Å². The summed E-state index contributed by atoms with van der Waals surface area (Å²) in [5.74, 6) is -2.30. The molecule has 7 nitrogen and oxygen atoms in total. The highest BCUT2D eigenvalue weighted by atomic mass is 16.4. The predicted molar refractivity (Wildman–Crippen MR) is 173 cm³/mol. The van der Waals surface area contributed by atoms with Crippen LogP contribution in [-0.4, -0.2) is 63.9 Å². The number of carbonyl (C=O) groups is 3. The average Bonchev–Trinajstić information content (AvgIpc) is 2.94. The van der Waals surface area contributed by atoms with Gasteiger partial charge in [-0.05, 0) is 77.0 Å². The van der Waals surface area contributed by atoms with Gasteiger partial charge in [0.1, 0.15) is 0 Å². The van der Waals surface area contributed by atoms with Crippen molar-refractivity contribution in [3.8, 4) is 0 Å². The van der Waals surface area contributed by atoms with Crippen LogP contribution < -0.4 is 0 Å². The number of rotatable bonds is 33. The number of unbranched alkanes of at least 4 members (excludes halogenated alkanes) is 17. The Kier molecular flexibility index (Phi) is 27.9. The van der Waals surface area contributed by atoms with Crippen molar-refractivity contribution >= 4 is 17.9 Å². The van der Waals surface area contributed by atoms with Crippen LogP contribution in [0.5, 0.6) is 0 Å². The Hall–Kier alpha value is -1.89. The first-order valence-corrected chi connectivity index (χ1v) is 17.5. The van der Waals surface area contributed by atoms with Crippen LogP contribution >= 0.6 is 0 Å². The lowest BCUT2D eigenvalue weighted by Gasteiger charge is -2.39. The molecular weight excluding hydrogens is 530 g/mol. The predicted octanol–water partition coefficient (Wildman–Crippen LogP) is 9.39. The normalized spacial score (nSPS) is 11.8. The maximum atomic E-state index is 11.0. The molecule has 0 aliphatic rings. The molecule has 0 aromatic carbocycles. The molecule has 0 amide bonds. The van der Waals surface area contributed by atoms with Crippen molar-refractivity contribution < 1.29 is 34.2 Å². The van der Waals surface area contributed by atoms with Gasteiger partial charge in [-0.15, -0.1) is 0 Å². The van der Waals surface area contributed by atoms with Crippen molar-refractivity contribution in [3.63, 3.8) is 0 Å². The Morgan fingerprint density at radius 1 is 0.429 bits per heavy atom. The van der Waals surface area contributed by atoms with Gasteiger partial charge in [-0.1, -0.05) is 83.3 Å². The highest BCUT2D eigenvalue weighted by Crippen LogP contribution is 2.20. The fourth-order valence-electron chi connectivity index (χ4n) is 5.89. The van der Waals surface area contributed by atoms with E-state index in [1.165, 1.54) is 96.3 Å². The van der Waals surface area contributed by atoms with Crippen molar-refractivity contribution in [2.45, 2.75) is 167 Å². The van der Waals surface area contributed by atoms with Gasteiger partial charge < -0.3 is 19.8 Å². The zero-order chi connectivity index (χ0) is 31.2. The molecule has 0 saturated heterocycles. The second-order valence-corrected chi connectivity index (χ2v) is 12.4. The van der Waals surface area contributed by atoms with Gasteiger partial charge in [-0.2, -0.15) is 0 Å². The molecule has 246 valence electrons. The van der Waals surface area contributed by atoms with E-state index in [2.05, 4.69) is 19.1 Å². The lowest BCUT2D eigenvalue weighted by molar-refractivity contribution is -0.929. The van der Waals surface area contributed by atoms with Gasteiger partial charge in [0.2, 0.25) is 0 Å². The third-order valence-electron chi connectivity index (χ3n) is 8.46. The fourth-order valence-corrected chi connectivity index (χ4v) is 5.89. The van der Waals surface area contributed by atoms with Gasteiger partial charge in [-0.3, -0.25) is 14.4 Å². The Labute approximate surface area is 257 Å². The Morgan fingerprint density at radius 2 is 0.714 bits per heavy atom. The van der Waals surface area contributed by atoms with Crippen LogP contribution in [0.3, 0.4) is 0 Å². The quantitative estimate of drug-likeness (QED) is 0.0395. The molecule has 7 heteroatoms. The maximum Gasteiger partial charge on any atom is 0.303 e. The van der Waals surface area contributed by atoms with Gasteiger partial charge >= 0.3 is 17.9 Å². The molecule has 0 rings (SSSR count). The topological polar surface area (TPSA) is 112 Å². The summed E-state index contributed by atoms with van der Waals surface area (Å²) < 4.78 is 0.869. The Bertz CT molecular complexity index is 638. The summed E-state index contributed by atoms with van der Waals surface area (Å²) >= 11 is 0. The molecule has 0 saturated carbocycles. The maximum absolute atomic E-state index is 11.0. The molecule has 0 spiro atoms. The minimum atomic E-state index is -0.767. The zero-order valence-corrected chi connectivity index (χ0v) is 27.2. The Morgan fingerprint density at radius 3 is 1.05 bits per heavy atom. The summed E-state index contributed by atoms with van der Waals surface area (Å²) in [4.78, 5) is 33.0. The summed E-state index contributed by atoms with van der Waals surface area (Å²) in [6.07, 6.45) is 30.3. The molecule has 0 aliphatic carbocycles. The van der Waals surface area contributed by atoms with E-state index in [1.807, 2.05) is 0 Å². The Balaban J connectivity index is 4.33. The largest absolute Gasteiger partial charge is 0.481 e. The van der Waals surface area contributed by atoms with Gasteiger partial charge in [0, 0.05) is 19.3 Å². The van der Waals surface area contributed by atoms with Crippen molar-refractivity contribution in [1.82, 2.24) is 0 Å². The van der Waals surface area contributed by atoms with E-state index in [4.69, 9.17) is 15.3 Å². The average molecular weight is 597 g/mol. The van der Waals surface area contributed by atoms with Gasteiger partial charge in [-0.25, -0.2) is 0 Å². The van der Waals surface area contributed by atoms with Crippen LogP contribution in [0.4, 0.5) is 0 Å². The lowest BCUT2D eigenvalue weighted by atomic mass is 10.0. The molecular formula is C35H66NO6+. The number of carboxylic acids is 3. The van der Waals surface area contributed by atoms with Crippen LogP contribution in [0.1, 0.15) is 167 Å². The number of hydrogen-bond donors (Lipinski definition) is 3. The summed E-state index contributed by atoms with van der Waals surface area (Å²) in [6, 6.07) is 0. The van der Waals surface area contributed by atoms with E-state index in [-0.39, 0.29) is 19.3 Å². The van der Waals surface area contributed by atoms with Gasteiger partial charge in [0.15, 0.2) is 0 Å². The van der Waals surface area contributed by atoms with Gasteiger partial charge in [0.25, 0.3) is 0 Å². The van der Waals surface area contributed by atoms with Gasteiger partial charge in [0.05, 0.1) is 26.2 Å². The smallest absolute Gasteiger partial charge is 0.303 e. The second-order valence-electron chi connectivity index (χ2n) is 12.4. The fraction of sp³-hybridized carbons (Fsp3) is 0.857. The van der Waals surface area contributed by atoms with Crippen LogP contribution in [0, 0.1) is 0 Å². The number of hydrogen-bond acceptors (Lipinski definition) is 3. The number of aliphatic carboxylic acids is 3. The molecule has 42 heavy (non-hydrogen) atoms. The summed E-state index contributed by atoms with van der Waals surface area (Å²) in [6.45, 7) is 5.94. The van der Waals surface area contributed by atoms with E-state index in [0.717, 1.165) is 56.3 Å². The van der Waals surface area contributed by atoms with Crippen molar-refractivity contribution in [1.29, 1.82) is 0 Å². The number of nitrogens with zero attached hydrogens (tertiary/aromatic N) is 1. The first kappa shape index (κ1) is 40.1. The highest BCUT2D eigenvalue weighted by molar-refractivity contribution is 5.67.